The van der Waals surface area contributed by atoms with Crippen molar-refractivity contribution in [1.29, 1.82) is 0 Å². The summed E-state index contributed by atoms with van der Waals surface area (Å²) in [5, 5.41) is 7.86. The number of nitrogens with one attached hydrogen (secondary N) is 1. The summed E-state index contributed by atoms with van der Waals surface area (Å²) < 4.78 is 2.01. The number of para-hydroxylation sites is 1. The molecule has 1 saturated heterocycles. The van der Waals surface area contributed by atoms with Crippen LogP contribution in [0.1, 0.15) is 51.0 Å². The molecule has 0 radical (unpaired) electrons. The zero-order valence-electron chi connectivity index (χ0n) is 19.2. The molecule has 0 aliphatic carbocycles. The Labute approximate surface area is 192 Å². The van der Waals surface area contributed by atoms with E-state index in [0.717, 1.165) is 43.7 Å². The second-order valence-electron chi connectivity index (χ2n) is 9.21. The first-order chi connectivity index (χ1) is 15.6. The zero-order valence-corrected chi connectivity index (χ0v) is 19.2. The topological polar surface area (TPSA) is 50.2 Å². The zero-order chi connectivity index (χ0) is 22.3. The molecule has 4 rings (SSSR count). The Morgan fingerprint density at radius 1 is 1.06 bits per heavy atom. The van der Waals surface area contributed by atoms with Crippen LogP contribution in [0.15, 0.2) is 66.7 Å². The molecular formula is C27H36N4O. The van der Waals surface area contributed by atoms with E-state index in [1.54, 1.807) is 0 Å². The normalized spacial score (nSPS) is 15.2. The number of piperidine rings is 1. The summed E-state index contributed by atoms with van der Waals surface area (Å²) in [6.45, 7) is 7.28. The van der Waals surface area contributed by atoms with Gasteiger partial charge in [0.05, 0.1) is 24.5 Å². The number of amides is 1. The molecule has 3 aromatic rings. The number of carbonyl (C=O) groups is 1. The molecule has 1 aliphatic rings. The lowest BCUT2D eigenvalue weighted by Crippen LogP contribution is -2.41. The highest BCUT2D eigenvalue weighted by atomic mass is 16.2. The summed E-state index contributed by atoms with van der Waals surface area (Å²) in [6, 6.07) is 23.1. The lowest BCUT2D eigenvalue weighted by Gasteiger charge is -2.31. The van der Waals surface area contributed by atoms with Crippen molar-refractivity contribution >= 4 is 5.91 Å². The Bertz CT molecular complexity index is 995. The molecule has 1 fully saturated rings. The van der Waals surface area contributed by atoms with Crippen molar-refractivity contribution < 1.29 is 6.22 Å². The van der Waals surface area contributed by atoms with Gasteiger partial charge in [-0.05, 0) is 68.0 Å². The molecule has 2 heterocycles. The minimum atomic E-state index is 0. The highest BCUT2D eigenvalue weighted by Crippen LogP contribution is 2.27. The molecule has 1 amide bonds. The smallest absolute Gasteiger partial charge is 0.234 e. The number of hydrogen-bond donors (Lipinski definition) is 1. The number of benzene rings is 2. The van der Waals surface area contributed by atoms with E-state index in [9.17, 15) is 4.79 Å². The molecule has 0 atom stereocenters. The van der Waals surface area contributed by atoms with Gasteiger partial charge in [0.2, 0.25) is 5.91 Å². The Morgan fingerprint density at radius 3 is 2.38 bits per heavy atom. The van der Waals surface area contributed by atoms with Crippen LogP contribution in [0.3, 0.4) is 0 Å². The van der Waals surface area contributed by atoms with E-state index in [1.807, 2.05) is 22.9 Å². The van der Waals surface area contributed by atoms with Gasteiger partial charge < -0.3 is 5.32 Å². The van der Waals surface area contributed by atoms with Gasteiger partial charge in [0.25, 0.3) is 0 Å². The summed E-state index contributed by atoms with van der Waals surface area (Å²) in [5.41, 5.74) is 4.56. The van der Waals surface area contributed by atoms with E-state index in [-0.39, 0.29) is 7.33 Å². The third-order valence-electron chi connectivity index (χ3n) is 6.14. The Morgan fingerprint density at radius 2 is 1.72 bits per heavy atom. The summed E-state index contributed by atoms with van der Waals surface area (Å²) in [7, 11) is 0. The standard InChI is InChI=1S/C27H34N4O.H2/c1-21(2)17-26-18-24(29-31(26)25-11-7-4-8-12-25)19-28-27(32)20-30-15-13-23(14-16-30)22-9-5-3-6-10-22;/h3-12,18,21,23H,13-17,19-20H2,1-2H3,(H,28,32);1H. The first-order valence-corrected chi connectivity index (χ1v) is 11.8. The van der Waals surface area contributed by atoms with Gasteiger partial charge in [-0.3, -0.25) is 9.69 Å². The van der Waals surface area contributed by atoms with Gasteiger partial charge in [-0.1, -0.05) is 62.4 Å². The molecule has 5 nitrogen and oxygen atoms in total. The lowest BCUT2D eigenvalue weighted by atomic mass is 9.89. The number of nitrogens with zero attached hydrogens (tertiary/aromatic N) is 3. The van der Waals surface area contributed by atoms with Gasteiger partial charge >= 0.3 is 0 Å². The van der Waals surface area contributed by atoms with Crippen LogP contribution in [0.25, 0.3) is 5.69 Å². The molecule has 1 N–H and O–H groups in total. The van der Waals surface area contributed by atoms with Gasteiger partial charge in [-0.2, -0.15) is 5.10 Å². The highest BCUT2D eigenvalue weighted by Gasteiger charge is 2.22. The largest absolute Gasteiger partial charge is 0.349 e. The van der Waals surface area contributed by atoms with Crippen molar-refractivity contribution in [3.05, 3.63) is 83.7 Å². The average molecular weight is 433 g/mol. The van der Waals surface area contributed by atoms with E-state index in [1.165, 1.54) is 11.3 Å². The minimum Gasteiger partial charge on any atom is -0.349 e. The maximum Gasteiger partial charge on any atom is 0.234 e. The van der Waals surface area contributed by atoms with Gasteiger partial charge in [0, 0.05) is 7.12 Å². The van der Waals surface area contributed by atoms with Crippen LogP contribution in [0.2, 0.25) is 0 Å². The monoisotopic (exact) mass is 432 g/mol. The van der Waals surface area contributed by atoms with Gasteiger partial charge in [0.15, 0.2) is 0 Å². The molecule has 170 valence electrons. The predicted molar refractivity (Wildman–Crippen MR) is 131 cm³/mol. The fourth-order valence-electron chi connectivity index (χ4n) is 4.52. The summed E-state index contributed by atoms with van der Waals surface area (Å²) in [6.07, 6.45) is 3.17. The first kappa shape index (κ1) is 22.3. The van der Waals surface area contributed by atoms with Crippen molar-refractivity contribution in [2.24, 2.45) is 5.92 Å². The Kier molecular flexibility index (Phi) is 7.38. The number of carbonyl (C=O) groups excluding carboxylic acids is 1. The van der Waals surface area contributed by atoms with E-state index >= 15 is 0 Å². The second kappa shape index (κ2) is 10.6. The molecule has 0 saturated carbocycles. The molecule has 0 unspecified atom stereocenters. The van der Waals surface area contributed by atoms with Crippen molar-refractivity contribution in [2.75, 3.05) is 19.6 Å². The molecular weight excluding hydrogens is 396 g/mol. The molecule has 1 aliphatic heterocycles. The molecule has 0 spiro atoms. The quantitative estimate of drug-likeness (QED) is 0.556. The number of hydrogen-bond acceptors (Lipinski definition) is 3. The Balaban J connectivity index is 0.00000306. The Hall–Kier alpha value is -2.92. The molecule has 0 bridgehead atoms. The second-order valence-corrected chi connectivity index (χ2v) is 9.21. The van der Waals surface area contributed by atoms with E-state index in [4.69, 9.17) is 5.10 Å². The number of likely N-dealkylation sites (tertiary alicyclic amines) is 1. The van der Waals surface area contributed by atoms with E-state index in [2.05, 4.69) is 72.6 Å². The van der Waals surface area contributed by atoms with Crippen molar-refractivity contribution in [3.63, 3.8) is 0 Å². The molecule has 32 heavy (non-hydrogen) atoms. The molecule has 5 heteroatoms. The van der Waals surface area contributed by atoms with Gasteiger partial charge in [-0.25, -0.2) is 4.68 Å². The number of rotatable bonds is 8. The average Bonchev–Trinajstić information content (AvgIpc) is 3.21. The summed E-state index contributed by atoms with van der Waals surface area (Å²) in [4.78, 5) is 14.9. The lowest BCUT2D eigenvalue weighted by molar-refractivity contribution is -0.122. The van der Waals surface area contributed by atoms with Crippen LogP contribution in [-0.2, 0) is 17.8 Å². The third kappa shape index (κ3) is 5.86. The molecule has 1 aromatic heterocycles. The maximum absolute atomic E-state index is 12.6. The number of aromatic nitrogens is 2. The van der Waals surface area contributed by atoms with Crippen LogP contribution in [0.4, 0.5) is 0 Å². The van der Waals surface area contributed by atoms with Crippen LogP contribution in [-0.4, -0.2) is 40.2 Å². The van der Waals surface area contributed by atoms with Crippen LogP contribution >= 0.6 is 0 Å². The third-order valence-corrected chi connectivity index (χ3v) is 6.14. The molecule has 2 aromatic carbocycles. The van der Waals surface area contributed by atoms with Crippen LogP contribution in [0.5, 0.6) is 0 Å². The fraction of sp³-hybridized carbons (Fsp3) is 0.407. The fourth-order valence-corrected chi connectivity index (χ4v) is 4.52. The van der Waals surface area contributed by atoms with Crippen LogP contribution in [0, 0.1) is 5.92 Å². The van der Waals surface area contributed by atoms with Crippen molar-refractivity contribution in [3.8, 4) is 5.69 Å². The maximum atomic E-state index is 12.6. The van der Waals surface area contributed by atoms with E-state index in [0.29, 0.717) is 24.9 Å². The minimum absolute atomic E-state index is 0. The van der Waals surface area contributed by atoms with Crippen LogP contribution < -0.4 is 5.32 Å². The van der Waals surface area contributed by atoms with Crippen molar-refractivity contribution in [1.82, 2.24) is 20.0 Å². The summed E-state index contributed by atoms with van der Waals surface area (Å²) in [5.74, 6) is 1.22. The van der Waals surface area contributed by atoms with E-state index < -0.39 is 0 Å². The summed E-state index contributed by atoms with van der Waals surface area (Å²) >= 11 is 0. The SMILES string of the molecule is CC(C)Cc1cc(CNC(=O)CN2CCC(c3ccccc3)CC2)nn1-c1ccccc1.[HH]. The predicted octanol–water partition coefficient (Wildman–Crippen LogP) is 4.81. The van der Waals surface area contributed by atoms with Gasteiger partial charge in [-0.15, -0.1) is 0 Å². The first-order valence-electron chi connectivity index (χ1n) is 11.8. The van der Waals surface area contributed by atoms with Crippen molar-refractivity contribution in [2.45, 2.75) is 45.6 Å². The van der Waals surface area contributed by atoms with Gasteiger partial charge in [0.1, 0.15) is 0 Å². The highest BCUT2D eigenvalue weighted by molar-refractivity contribution is 5.78.